The molecule has 1 heterocycles. The number of alkyl halides is 3. The van der Waals surface area contributed by atoms with Crippen molar-refractivity contribution in [1.82, 2.24) is 0 Å². The lowest BCUT2D eigenvalue weighted by atomic mass is 10.1. The number of carbonyl (C=O) groups excluding carboxylic acids is 1. The first-order chi connectivity index (χ1) is 14.2. The van der Waals surface area contributed by atoms with Crippen LogP contribution in [0.15, 0.2) is 36.4 Å². The van der Waals surface area contributed by atoms with E-state index in [-0.39, 0.29) is 17.0 Å². The van der Waals surface area contributed by atoms with Crippen LogP contribution in [-0.4, -0.2) is 44.2 Å². The standard InChI is InChI=1S/C19H18F3N3O5/c1-29-17-5-2-12(10-16(17)25(27)28)18(26)23-14-11-13(19(20,21)22)3-4-15(14)24-6-8-30-9-7-24/h2-5,10-11H,6-9H2,1H3,(H,23,26). The molecule has 1 aliphatic rings. The molecule has 0 atom stereocenters. The van der Waals surface area contributed by atoms with Gasteiger partial charge >= 0.3 is 11.9 Å². The molecule has 0 spiro atoms. The molecule has 1 amide bonds. The van der Waals surface area contributed by atoms with E-state index in [9.17, 15) is 28.1 Å². The summed E-state index contributed by atoms with van der Waals surface area (Å²) in [7, 11) is 1.25. The normalized spacial score (nSPS) is 14.3. The first kappa shape index (κ1) is 21.4. The molecule has 11 heteroatoms. The average molecular weight is 425 g/mol. The number of nitrogens with zero attached hydrogens (tertiary/aromatic N) is 2. The lowest BCUT2D eigenvalue weighted by Gasteiger charge is -2.31. The van der Waals surface area contributed by atoms with Gasteiger partial charge in [-0.3, -0.25) is 14.9 Å². The Morgan fingerprint density at radius 3 is 2.50 bits per heavy atom. The molecule has 0 radical (unpaired) electrons. The minimum atomic E-state index is -4.60. The Morgan fingerprint density at radius 1 is 1.20 bits per heavy atom. The van der Waals surface area contributed by atoms with Gasteiger partial charge in [-0.05, 0) is 30.3 Å². The smallest absolute Gasteiger partial charge is 0.416 e. The lowest BCUT2D eigenvalue weighted by Crippen LogP contribution is -2.36. The van der Waals surface area contributed by atoms with Crippen molar-refractivity contribution in [2.45, 2.75) is 6.18 Å². The van der Waals surface area contributed by atoms with E-state index in [0.29, 0.717) is 32.0 Å². The maximum Gasteiger partial charge on any atom is 0.416 e. The summed E-state index contributed by atoms with van der Waals surface area (Å²) in [5, 5.41) is 13.6. The minimum absolute atomic E-state index is 0.0374. The largest absolute Gasteiger partial charge is 0.490 e. The number of halogens is 3. The average Bonchev–Trinajstić information content (AvgIpc) is 2.73. The summed E-state index contributed by atoms with van der Waals surface area (Å²) in [4.78, 5) is 25.0. The Hall–Kier alpha value is -3.34. The van der Waals surface area contributed by atoms with E-state index in [1.165, 1.54) is 25.3 Å². The number of nitro benzene ring substituents is 1. The number of nitro groups is 1. The topological polar surface area (TPSA) is 93.9 Å². The fraction of sp³-hybridized carbons (Fsp3) is 0.316. The van der Waals surface area contributed by atoms with E-state index in [1.807, 2.05) is 0 Å². The van der Waals surface area contributed by atoms with Gasteiger partial charge in [-0.15, -0.1) is 0 Å². The summed E-state index contributed by atoms with van der Waals surface area (Å²) in [6.45, 7) is 1.70. The van der Waals surface area contributed by atoms with Crippen molar-refractivity contribution >= 4 is 23.0 Å². The second-order valence-electron chi connectivity index (χ2n) is 6.43. The van der Waals surface area contributed by atoms with E-state index < -0.39 is 28.3 Å². The van der Waals surface area contributed by atoms with Crippen molar-refractivity contribution < 1.29 is 32.4 Å². The number of hydrogen-bond acceptors (Lipinski definition) is 6. The van der Waals surface area contributed by atoms with Crippen LogP contribution in [0.4, 0.5) is 30.2 Å². The summed E-state index contributed by atoms with van der Waals surface area (Å²) in [5.41, 5.74) is -1.08. The van der Waals surface area contributed by atoms with Crippen molar-refractivity contribution in [2.75, 3.05) is 43.6 Å². The molecule has 0 unspecified atom stereocenters. The van der Waals surface area contributed by atoms with E-state index in [0.717, 1.165) is 18.2 Å². The number of nitrogens with one attached hydrogen (secondary N) is 1. The number of carbonyl (C=O) groups is 1. The monoisotopic (exact) mass is 425 g/mol. The van der Waals surface area contributed by atoms with Crippen LogP contribution in [0.1, 0.15) is 15.9 Å². The Kier molecular flexibility index (Phi) is 6.11. The Balaban J connectivity index is 1.96. The summed E-state index contributed by atoms with van der Waals surface area (Å²) in [6, 6.07) is 6.64. The number of morpholine rings is 1. The summed E-state index contributed by atoms with van der Waals surface area (Å²) >= 11 is 0. The van der Waals surface area contributed by atoms with Crippen molar-refractivity contribution in [2.24, 2.45) is 0 Å². The van der Waals surface area contributed by atoms with Gasteiger partial charge in [-0.1, -0.05) is 0 Å². The van der Waals surface area contributed by atoms with Crippen LogP contribution in [0, 0.1) is 10.1 Å². The van der Waals surface area contributed by atoms with Crippen molar-refractivity contribution in [1.29, 1.82) is 0 Å². The SMILES string of the molecule is COc1ccc(C(=O)Nc2cc(C(F)(F)F)ccc2N2CCOCC2)cc1[N+](=O)[O-]. The third-order valence-electron chi connectivity index (χ3n) is 4.56. The van der Waals surface area contributed by atoms with E-state index in [4.69, 9.17) is 9.47 Å². The molecular formula is C19H18F3N3O5. The molecular weight excluding hydrogens is 407 g/mol. The Labute approximate surface area is 169 Å². The second-order valence-corrected chi connectivity index (χ2v) is 6.43. The van der Waals surface area contributed by atoms with Gasteiger partial charge in [0, 0.05) is 24.7 Å². The first-order valence-corrected chi connectivity index (χ1v) is 8.88. The van der Waals surface area contributed by atoms with Crippen LogP contribution in [0.2, 0.25) is 0 Å². The van der Waals surface area contributed by atoms with E-state index in [2.05, 4.69) is 5.32 Å². The molecule has 1 aliphatic heterocycles. The highest BCUT2D eigenvalue weighted by Gasteiger charge is 2.32. The molecule has 0 aliphatic carbocycles. The van der Waals surface area contributed by atoms with Gasteiger partial charge in [0.05, 0.1) is 42.2 Å². The van der Waals surface area contributed by atoms with Gasteiger partial charge < -0.3 is 19.7 Å². The molecule has 1 N–H and O–H groups in total. The predicted molar refractivity (Wildman–Crippen MR) is 102 cm³/mol. The maximum absolute atomic E-state index is 13.2. The van der Waals surface area contributed by atoms with Crippen LogP contribution >= 0.6 is 0 Å². The zero-order valence-corrected chi connectivity index (χ0v) is 15.9. The molecule has 0 saturated carbocycles. The van der Waals surface area contributed by atoms with Crippen LogP contribution in [0.5, 0.6) is 5.75 Å². The van der Waals surface area contributed by atoms with E-state index >= 15 is 0 Å². The zero-order chi connectivity index (χ0) is 21.9. The number of hydrogen-bond donors (Lipinski definition) is 1. The van der Waals surface area contributed by atoms with Gasteiger partial charge in [-0.25, -0.2) is 0 Å². The molecule has 8 nitrogen and oxygen atoms in total. The van der Waals surface area contributed by atoms with Crippen LogP contribution in [-0.2, 0) is 10.9 Å². The second kappa shape index (κ2) is 8.57. The van der Waals surface area contributed by atoms with Crippen LogP contribution < -0.4 is 15.0 Å². The van der Waals surface area contributed by atoms with E-state index in [1.54, 1.807) is 4.90 Å². The summed E-state index contributed by atoms with van der Waals surface area (Å²) in [5.74, 6) is -0.820. The molecule has 2 aromatic carbocycles. The highest BCUT2D eigenvalue weighted by atomic mass is 19.4. The number of ether oxygens (including phenoxy) is 2. The molecule has 1 fully saturated rings. The first-order valence-electron chi connectivity index (χ1n) is 8.88. The third-order valence-corrected chi connectivity index (χ3v) is 4.56. The molecule has 30 heavy (non-hydrogen) atoms. The molecule has 1 saturated heterocycles. The molecule has 3 rings (SSSR count). The lowest BCUT2D eigenvalue weighted by molar-refractivity contribution is -0.385. The van der Waals surface area contributed by atoms with Crippen molar-refractivity contribution in [3.05, 3.63) is 57.6 Å². The Morgan fingerprint density at radius 2 is 1.90 bits per heavy atom. The van der Waals surface area contributed by atoms with Gasteiger partial charge in [-0.2, -0.15) is 13.2 Å². The minimum Gasteiger partial charge on any atom is -0.490 e. The molecule has 0 bridgehead atoms. The predicted octanol–water partition coefficient (Wildman–Crippen LogP) is 3.71. The summed E-state index contributed by atoms with van der Waals surface area (Å²) in [6.07, 6.45) is -4.60. The number of benzene rings is 2. The van der Waals surface area contributed by atoms with Crippen molar-refractivity contribution in [3.63, 3.8) is 0 Å². The number of methoxy groups -OCH3 is 1. The van der Waals surface area contributed by atoms with Gasteiger partial charge in [0.2, 0.25) is 0 Å². The molecule has 2 aromatic rings. The number of rotatable bonds is 5. The van der Waals surface area contributed by atoms with Gasteiger partial charge in [0.15, 0.2) is 5.75 Å². The Bertz CT molecular complexity index is 959. The third kappa shape index (κ3) is 4.62. The molecule has 160 valence electrons. The maximum atomic E-state index is 13.2. The van der Waals surface area contributed by atoms with Gasteiger partial charge in [0.1, 0.15) is 0 Å². The zero-order valence-electron chi connectivity index (χ0n) is 15.9. The quantitative estimate of drug-likeness (QED) is 0.580. The van der Waals surface area contributed by atoms with Gasteiger partial charge in [0.25, 0.3) is 5.91 Å². The number of amides is 1. The van der Waals surface area contributed by atoms with Crippen LogP contribution in [0.25, 0.3) is 0 Å². The molecule has 0 aromatic heterocycles. The van der Waals surface area contributed by atoms with Crippen molar-refractivity contribution in [3.8, 4) is 5.75 Å². The summed E-state index contributed by atoms with van der Waals surface area (Å²) < 4.78 is 49.7. The fourth-order valence-electron chi connectivity index (χ4n) is 3.06. The van der Waals surface area contributed by atoms with Crippen LogP contribution in [0.3, 0.4) is 0 Å². The highest BCUT2D eigenvalue weighted by molar-refractivity contribution is 6.06. The number of anilines is 2. The fourth-order valence-corrected chi connectivity index (χ4v) is 3.06. The highest BCUT2D eigenvalue weighted by Crippen LogP contribution is 2.36.